The minimum atomic E-state index is -0.536. The molecule has 0 aromatic heterocycles. The minimum absolute atomic E-state index is 0.0967. The monoisotopic (exact) mass is 327 g/mol. The Bertz CT molecular complexity index is 514. The van der Waals surface area contributed by atoms with Crippen molar-refractivity contribution in [3.05, 3.63) is 29.6 Å². The molecule has 0 saturated heterocycles. The zero-order valence-corrected chi connectivity index (χ0v) is 14.2. The molecule has 0 aliphatic carbocycles. The molecule has 1 atom stereocenters. The van der Waals surface area contributed by atoms with Gasteiger partial charge in [0.25, 0.3) is 0 Å². The van der Waals surface area contributed by atoms with Crippen molar-refractivity contribution in [3.8, 4) is 5.75 Å². The Balaban J connectivity index is 2.55. The lowest BCUT2D eigenvalue weighted by molar-refractivity contribution is 0.0506. The molecule has 0 saturated carbocycles. The first kappa shape index (κ1) is 19.2. The van der Waals surface area contributed by atoms with Crippen LogP contribution in [0.15, 0.2) is 18.2 Å². The van der Waals surface area contributed by atoms with Gasteiger partial charge in [-0.3, -0.25) is 0 Å². The second-order valence-electron chi connectivity index (χ2n) is 6.41. The number of carbonyl (C=O) groups excluding carboxylic acids is 1. The summed E-state index contributed by atoms with van der Waals surface area (Å²) in [6.07, 6.45) is 0.805. The molecule has 6 heteroatoms. The van der Waals surface area contributed by atoms with Crippen LogP contribution >= 0.6 is 0 Å². The first-order chi connectivity index (χ1) is 10.7. The summed E-state index contributed by atoms with van der Waals surface area (Å²) < 4.78 is 23.8. The first-order valence-electron chi connectivity index (χ1n) is 7.73. The van der Waals surface area contributed by atoms with Gasteiger partial charge in [0.05, 0.1) is 6.61 Å². The lowest BCUT2D eigenvalue weighted by Gasteiger charge is -2.22. The third kappa shape index (κ3) is 7.83. The standard InChI is InChI=1S/C17H26FNO4/c1-12(19-16(21)23-17(2,3)4)5-6-13-7-8-14(18)11-15(13)22-10-9-20/h7-8,11-12,20H,5-6,9-10H2,1-4H3,(H,19,21). The molecule has 0 bridgehead atoms. The molecule has 1 unspecified atom stereocenters. The van der Waals surface area contributed by atoms with Gasteiger partial charge >= 0.3 is 6.09 Å². The highest BCUT2D eigenvalue weighted by Crippen LogP contribution is 2.22. The predicted octanol–water partition coefficient (Wildman–Crippen LogP) is 3.04. The van der Waals surface area contributed by atoms with Crippen molar-refractivity contribution >= 4 is 6.09 Å². The number of aliphatic hydroxyl groups excluding tert-OH is 1. The van der Waals surface area contributed by atoms with E-state index in [-0.39, 0.29) is 25.1 Å². The van der Waals surface area contributed by atoms with E-state index in [2.05, 4.69) is 5.32 Å². The summed E-state index contributed by atoms with van der Waals surface area (Å²) in [6, 6.07) is 4.23. The van der Waals surface area contributed by atoms with Gasteiger partial charge in [0.1, 0.15) is 23.8 Å². The number of ether oxygens (including phenoxy) is 2. The fraction of sp³-hybridized carbons (Fsp3) is 0.588. The molecule has 1 aromatic rings. The van der Waals surface area contributed by atoms with Crippen molar-refractivity contribution in [1.82, 2.24) is 5.32 Å². The van der Waals surface area contributed by atoms with Crippen LogP contribution in [0.2, 0.25) is 0 Å². The van der Waals surface area contributed by atoms with Crippen LogP contribution in [0.1, 0.15) is 39.7 Å². The molecular formula is C17H26FNO4. The lowest BCUT2D eigenvalue weighted by Crippen LogP contribution is -2.37. The molecule has 0 spiro atoms. The maximum absolute atomic E-state index is 13.3. The van der Waals surface area contributed by atoms with Crippen LogP contribution in [0.25, 0.3) is 0 Å². The topological polar surface area (TPSA) is 67.8 Å². The number of hydrogen-bond acceptors (Lipinski definition) is 4. The number of nitrogens with one attached hydrogen (secondary N) is 1. The number of benzene rings is 1. The van der Waals surface area contributed by atoms with E-state index < -0.39 is 11.7 Å². The average Bonchev–Trinajstić information content (AvgIpc) is 2.41. The molecular weight excluding hydrogens is 301 g/mol. The van der Waals surface area contributed by atoms with Crippen LogP contribution < -0.4 is 10.1 Å². The van der Waals surface area contributed by atoms with Crippen molar-refractivity contribution < 1.29 is 23.8 Å². The highest BCUT2D eigenvalue weighted by atomic mass is 19.1. The highest BCUT2D eigenvalue weighted by Gasteiger charge is 2.18. The Labute approximate surface area is 136 Å². The third-order valence-corrected chi connectivity index (χ3v) is 2.99. The van der Waals surface area contributed by atoms with Crippen LogP contribution in [0.5, 0.6) is 5.75 Å². The molecule has 0 fully saturated rings. The SMILES string of the molecule is CC(CCc1ccc(F)cc1OCCO)NC(=O)OC(C)(C)C. The van der Waals surface area contributed by atoms with Crippen LogP contribution in [0.3, 0.4) is 0 Å². The molecule has 1 amide bonds. The zero-order valence-electron chi connectivity index (χ0n) is 14.2. The number of aliphatic hydroxyl groups is 1. The van der Waals surface area contributed by atoms with Crippen molar-refractivity contribution in [2.45, 2.75) is 52.2 Å². The quantitative estimate of drug-likeness (QED) is 0.808. The second kappa shape index (κ2) is 8.72. The van der Waals surface area contributed by atoms with E-state index in [0.717, 1.165) is 5.56 Å². The number of halogens is 1. The molecule has 5 nitrogen and oxygen atoms in total. The van der Waals surface area contributed by atoms with E-state index in [1.807, 2.05) is 6.92 Å². The van der Waals surface area contributed by atoms with Crippen LogP contribution in [0, 0.1) is 5.82 Å². The summed E-state index contributed by atoms with van der Waals surface area (Å²) in [5, 5.41) is 11.6. The molecule has 0 radical (unpaired) electrons. The summed E-state index contributed by atoms with van der Waals surface area (Å²) in [6.45, 7) is 7.28. The third-order valence-electron chi connectivity index (χ3n) is 2.99. The molecule has 1 aromatic carbocycles. The van der Waals surface area contributed by atoms with E-state index in [9.17, 15) is 9.18 Å². The van der Waals surface area contributed by atoms with E-state index in [0.29, 0.717) is 18.6 Å². The Morgan fingerprint density at radius 3 is 2.70 bits per heavy atom. The summed E-state index contributed by atoms with van der Waals surface area (Å²) in [7, 11) is 0. The van der Waals surface area contributed by atoms with Crippen LogP contribution in [0.4, 0.5) is 9.18 Å². The van der Waals surface area contributed by atoms with Gasteiger partial charge in [-0.15, -0.1) is 0 Å². The van der Waals surface area contributed by atoms with E-state index in [1.54, 1.807) is 26.8 Å². The van der Waals surface area contributed by atoms with Crippen molar-refractivity contribution in [2.75, 3.05) is 13.2 Å². The molecule has 2 N–H and O–H groups in total. The molecule has 0 heterocycles. The van der Waals surface area contributed by atoms with Gasteiger partial charge in [0, 0.05) is 12.1 Å². The zero-order chi connectivity index (χ0) is 17.5. The Morgan fingerprint density at radius 2 is 2.09 bits per heavy atom. The van der Waals surface area contributed by atoms with Gasteiger partial charge in [-0.1, -0.05) is 6.07 Å². The summed E-state index contributed by atoms with van der Waals surface area (Å²) in [5.41, 5.74) is 0.296. The fourth-order valence-electron chi connectivity index (χ4n) is 1.98. The average molecular weight is 327 g/mol. The summed E-state index contributed by atoms with van der Waals surface area (Å²) in [5.74, 6) is 0.0325. The molecule has 130 valence electrons. The van der Waals surface area contributed by atoms with E-state index in [4.69, 9.17) is 14.6 Å². The Morgan fingerprint density at radius 1 is 1.39 bits per heavy atom. The second-order valence-corrected chi connectivity index (χ2v) is 6.41. The number of carbonyl (C=O) groups is 1. The molecule has 0 aliphatic heterocycles. The van der Waals surface area contributed by atoms with Gasteiger partial charge in [-0.05, 0) is 52.2 Å². The molecule has 23 heavy (non-hydrogen) atoms. The van der Waals surface area contributed by atoms with Gasteiger partial charge in [-0.2, -0.15) is 0 Å². The molecule has 0 aliphatic rings. The van der Waals surface area contributed by atoms with Gasteiger partial charge in [-0.25, -0.2) is 9.18 Å². The van der Waals surface area contributed by atoms with Crippen molar-refractivity contribution in [3.63, 3.8) is 0 Å². The van der Waals surface area contributed by atoms with E-state index in [1.165, 1.54) is 12.1 Å². The smallest absolute Gasteiger partial charge is 0.407 e. The Hall–Kier alpha value is -1.82. The van der Waals surface area contributed by atoms with Crippen LogP contribution in [-0.2, 0) is 11.2 Å². The highest BCUT2D eigenvalue weighted by molar-refractivity contribution is 5.68. The van der Waals surface area contributed by atoms with Gasteiger partial charge < -0.3 is 19.9 Å². The predicted molar refractivity (Wildman–Crippen MR) is 86.1 cm³/mol. The number of hydrogen-bond donors (Lipinski definition) is 2. The lowest BCUT2D eigenvalue weighted by atomic mass is 10.1. The minimum Gasteiger partial charge on any atom is -0.491 e. The number of rotatable bonds is 7. The Kier molecular flexibility index (Phi) is 7.29. The largest absolute Gasteiger partial charge is 0.491 e. The fourth-order valence-corrected chi connectivity index (χ4v) is 1.98. The number of alkyl carbamates (subject to hydrolysis) is 1. The maximum Gasteiger partial charge on any atom is 0.407 e. The number of amides is 1. The van der Waals surface area contributed by atoms with Crippen molar-refractivity contribution in [2.24, 2.45) is 0 Å². The number of aryl methyl sites for hydroxylation is 1. The normalized spacial score (nSPS) is 12.6. The van der Waals surface area contributed by atoms with Gasteiger partial charge in [0.15, 0.2) is 0 Å². The summed E-state index contributed by atoms with van der Waals surface area (Å²) in [4.78, 5) is 11.7. The summed E-state index contributed by atoms with van der Waals surface area (Å²) >= 11 is 0. The molecule has 1 rings (SSSR count). The van der Waals surface area contributed by atoms with Gasteiger partial charge in [0.2, 0.25) is 0 Å². The first-order valence-corrected chi connectivity index (χ1v) is 7.73. The van der Waals surface area contributed by atoms with Crippen LogP contribution in [-0.4, -0.2) is 36.1 Å². The maximum atomic E-state index is 13.3. The van der Waals surface area contributed by atoms with E-state index >= 15 is 0 Å². The van der Waals surface area contributed by atoms with Crippen molar-refractivity contribution in [1.29, 1.82) is 0 Å².